The maximum Gasteiger partial charge on any atom is 0.185 e. The van der Waals surface area contributed by atoms with Crippen molar-refractivity contribution in [3.8, 4) is 0 Å². The number of nitrogens with zero attached hydrogens (tertiary/aromatic N) is 1. The number of guanidine groups is 1. The number of ketones is 1. The van der Waals surface area contributed by atoms with E-state index in [1.807, 2.05) is 20.8 Å². The summed E-state index contributed by atoms with van der Waals surface area (Å²) in [6.07, 6.45) is 0.998. The number of carbonyl (C=O) groups excluding carboxylic acids is 1. The zero-order valence-corrected chi connectivity index (χ0v) is 10.6. The Hall–Kier alpha value is -1.10. The Bertz CT molecular complexity index is 154. The Balaban J connectivity index is -0.000000166. The number of hydrogen-bond donors (Lipinski definition) is 3. The van der Waals surface area contributed by atoms with Crippen LogP contribution in [0.25, 0.3) is 0 Å². The van der Waals surface area contributed by atoms with Crippen LogP contribution in [0.3, 0.4) is 0 Å². The van der Waals surface area contributed by atoms with Gasteiger partial charge in [0.15, 0.2) is 5.96 Å². The summed E-state index contributed by atoms with van der Waals surface area (Å²) in [5, 5.41) is 2.72. The topological polar surface area (TPSA) is 93.5 Å². The highest BCUT2D eigenvalue weighted by Gasteiger charge is 1.82. The van der Waals surface area contributed by atoms with Gasteiger partial charge in [-0.2, -0.15) is 0 Å². The molecule has 0 saturated heterocycles. The maximum atomic E-state index is 9.98. The van der Waals surface area contributed by atoms with Gasteiger partial charge in [0.05, 0.1) is 6.54 Å². The first kappa shape index (κ1) is 19.5. The molecule has 15 heavy (non-hydrogen) atoms. The predicted molar refractivity (Wildman–Crippen MR) is 66.9 cm³/mol. The lowest BCUT2D eigenvalue weighted by Gasteiger charge is -1.86. The van der Waals surface area contributed by atoms with Crippen LogP contribution in [0.4, 0.5) is 0 Å². The zero-order chi connectivity index (χ0) is 12.7. The summed E-state index contributed by atoms with van der Waals surface area (Å²) in [6, 6.07) is 0. The van der Waals surface area contributed by atoms with Crippen LogP contribution < -0.4 is 16.8 Å². The van der Waals surface area contributed by atoms with Crippen molar-refractivity contribution in [2.75, 3.05) is 20.1 Å². The number of likely N-dealkylation sites (N-methyl/N-ethyl adjacent to an activating group) is 1. The summed E-state index contributed by atoms with van der Waals surface area (Å²) in [5.41, 5.74) is 10.0. The molecule has 0 amide bonds. The number of rotatable bonds is 4. The van der Waals surface area contributed by atoms with Gasteiger partial charge in [-0.25, -0.2) is 0 Å². The molecule has 92 valence electrons. The molecule has 0 aliphatic carbocycles. The minimum absolute atomic E-state index is 0.178. The Morgan fingerprint density at radius 1 is 1.33 bits per heavy atom. The Kier molecular flexibility index (Phi) is 24.2. The SMILES string of the molecule is CC.CCCN=C(N)N.CNCC(C)=O. The third-order valence-corrected chi connectivity index (χ3v) is 0.944. The summed E-state index contributed by atoms with van der Waals surface area (Å²) >= 11 is 0. The summed E-state index contributed by atoms with van der Waals surface area (Å²) in [7, 11) is 1.75. The van der Waals surface area contributed by atoms with E-state index in [1.165, 1.54) is 0 Å². The van der Waals surface area contributed by atoms with E-state index >= 15 is 0 Å². The van der Waals surface area contributed by atoms with E-state index in [9.17, 15) is 4.79 Å². The quantitative estimate of drug-likeness (QED) is 0.473. The zero-order valence-electron chi connectivity index (χ0n) is 10.6. The van der Waals surface area contributed by atoms with Gasteiger partial charge in [0.1, 0.15) is 5.78 Å². The molecule has 0 saturated carbocycles. The molecule has 0 aromatic carbocycles. The van der Waals surface area contributed by atoms with Gasteiger partial charge in [-0.1, -0.05) is 20.8 Å². The van der Waals surface area contributed by atoms with Crippen LogP contribution in [0.1, 0.15) is 34.1 Å². The summed E-state index contributed by atoms with van der Waals surface area (Å²) in [5.74, 6) is 0.361. The Morgan fingerprint density at radius 2 is 1.80 bits per heavy atom. The van der Waals surface area contributed by atoms with Crippen LogP contribution in [0.5, 0.6) is 0 Å². The van der Waals surface area contributed by atoms with Gasteiger partial charge >= 0.3 is 0 Å². The normalized spacial score (nSPS) is 7.53. The van der Waals surface area contributed by atoms with E-state index < -0.39 is 0 Å². The Labute approximate surface area is 93.3 Å². The van der Waals surface area contributed by atoms with Crippen LogP contribution >= 0.6 is 0 Å². The molecule has 0 aliphatic rings. The standard InChI is InChI=1S/C4H11N3.C4H9NO.C2H6/c1-2-3-7-4(5)6;1-4(6)3-5-2;1-2/h2-3H2,1H3,(H4,5,6,7);5H,3H2,1-2H3;1-2H3. The van der Waals surface area contributed by atoms with E-state index in [0.717, 1.165) is 13.0 Å². The lowest BCUT2D eigenvalue weighted by atomic mass is 10.5. The number of Topliss-reactive ketones (excluding diaryl/α,β-unsaturated/α-hetero) is 1. The Morgan fingerprint density at radius 3 is 1.87 bits per heavy atom. The van der Waals surface area contributed by atoms with Gasteiger partial charge in [-0.05, 0) is 20.4 Å². The monoisotopic (exact) mass is 218 g/mol. The molecule has 0 aliphatic heterocycles. The van der Waals surface area contributed by atoms with Crippen molar-refractivity contribution in [2.45, 2.75) is 34.1 Å². The molecule has 5 heteroatoms. The van der Waals surface area contributed by atoms with Crippen molar-refractivity contribution < 1.29 is 4.79 Å². The minimum Gasteiger partial charge on any atom is -0.370 e. The van der Waals surface area contributed by atoms with E-state index in [2.05, 4.69) is 10.3 Å². The second-order valence-corrected chi connectivity index (χ2v) is 2.54. The summed E-state index contributed by atoms with van der Waals surface area (Å²) < 4.78 is 0. The van der Waals surface area contributed by atoms with E-state index in [0.29, 0.717) is 6.54 Å². The second-order valence-electron chi connectivity index (χ2n) is 2.54. The molecule has 0 spiro atoms. The average molecular weight is 218 g/mol. The van der Waals surface area contributed by atoms with Gasteiger partial charge in [0, 0.05) is 6.54 Å². The van der Waals surface area contributed by atoms with Gasteiger partial charge in [-0.3, -0.25) is 9.79 Å². The van der Waals surface area contributed by atoms with E-state index in [-0.39, 0.29) is 11.7 Å². The molecule has 0 fully saturated rings. The van der Waals surface area contributed by atoms with Crippen LogP contribution in [-0.2, 0) is 4.79 Å². The van der Waals surface area contributed by atoms with Crippen LogP contribution in [0, 0.1) is 0 Å². The third-order valence-electron chi connectivity index (χ3n) is 0.944. The van der Waals surface area contributed by atoms with Crippen molar-refractivity contribution in [3.05, 3.63) is 0 Å². The first-order valence-corrected chi connectivity index (χ1v) is 5.24. The minimum atomic E-state index is 0.178. The van der Waals surface area contributed by atoms with Gasteiger partial charge < -0.3 is 16.8 Å². The highest BCUT2D eigenvalue weighted by molar-refractivity contribution is 5.77. The van der Waals surface area contributed by atoms with Crippen molar-refractivity contribution in [3.63, 3.8) is 0 Å². The van der Waals surface area contributed by atoms with Gasteiger partial charge in [0.2, 0.25) is 0 Å². The maximum absolute atomic E-state index is 9.98. The highest BCUT2D eigenvalue weighted by atomic mass is 16.1. The molecule has 0 heterocycles. The van der Waals surface area contributed by atoms with Gasteiger partial charge in [-0.15, -0.1) is 0 Å². The fourth-order valence-corrected chi connectivity index (χ4v) is 0.490. The summed E-state index contributed by atoms with van der Waals surface area (Å²) in [4.78, 5) is 13.7. The smallest absolute Gasteiger partial charge is 0.185 e. The average Bonchev–Trinajstić information content (AvgIpc) is 2.18. The van der Waals surface area contributed by atoms with E-state index in [4.69, 9.17) is 11.5 Å². The molecule has 0 aromatic rings. The molecular weight excluding hydrogens is 192 g/mol. The third kappa shape index (κ3) is 44.0. The fraction of sp³-hybridized carbons (Fsp3) is 0.800. The van der Waals surface area contributed by atoms with Crippen molar-refractivity contribution in [1.82, 2.24) is 5.32 Å². The fourth-order valence-electron chi connectivity index (χ4n) is 0.490. The molecular formula is C10H26N4O. The van der Waals surface area contributed by atoms with Crippen LogP contribution in [-0.4, -0.2) is 31.9 Å². The first-order valence-electron chi connectivity index (χ1n) is 5.24. The number of nitrogens with one attached hydrogen (secondary N) is 1. The lowest BCUT2D eigenvalue weighted by Crippen LogP contribution is -2.22. The van der Waals surface area contributed by atoms with Crippen molar-refractivity contribution in [1.29, 1.82) is 0 Å². The number of hydrogen-bond acceptors (Lipinski definition) is 3. The van der Waals surface area contributed by atoms with Crippen molar-refractivity contribution >= 4 is 11.7 Å². The predicted octanol–water partition coefficient (Wildman–Crippen LogP) is 0.491. The highest BCUT2D eigenvalue weighted by Crippen LogP contribution is 1.73. The number of nitrogens with two attached hydrogens (primary N) is 2. The molecule has 0 bridgehead atoms. The van der Waals surface area contributed by atoms with Crippen LogP contribution in [0.15, 0.2) is 4.99 Å². The first-order chi connectivity index (χ1) is 7.04. The number of aliphatic imine (C=N–C) groups is 1. The molecule has 0 unspecified atom stereocenters. The molecule has 0 atom stereocenters. The molecule has 5 nitrogen and oxygen atoms in total. The van der Waals surface area contributed by atoms with Gasteiger partial charge in [0.25, 0.3) is 0 Å². The largest absolute Gasteiger partial charge is 0.370 e. The van der Waals surface area contributed by atoms with Crippen molar-refractivity contribution in [2.24, 2.45) is 16.5 Å². The van der Waals surface area contributed by atoms with E-state index in [1.54, 1.807) is 14.0 Å². The molecule has 0 aromatic heterocycles. The molecule has 5 N–H and O–H groups in total. The number of carbonyl (C=O) groups is 1. The lowest BCUT2D eigenvalue weighted by molar-refractivity contribution is -0.116. The molecule has 0 radical (unpaired) electrons. The van der Waals surface area contributed by atoms with Crippen LogP contribution in [0.2, 0.25) is 0 Å². The second kappa shape index (κ2) is 18.6. The summed E-state index contributed by atoms with van der Waals surface area (Å²) in [6.45, 7) is 8.80. The molecule has 0 rings (SSSR count).